The van der Waals surface area contributed by atoms with Crippen LogP contribution >= 0.6 is 0 Å². The van der Waals surface area contributed by atoms with E-state index in [9.17, 15) is 9.59 Å². The number of nitrogens with zero attached hydrogens (tertiary/aromatic N) is 1. The van der Waals surface area contributed by atoms with Crippen LogP contribution in [0.15, 0.2) is 0 Å². The normalized spacial score (nSPS) is 13.1. The van der Waals surface area contributed by atoms with Crippen LogP contribution < -0.4 is 5.43 Å². The number of nitrogens with one attached hydrogen (secondary N) is 1. The second-order valence-electron chi connectivity index (χ2n) is 2.84. The van der Waals surface area contributed by atoms with E-state index in [0.29, 0.717) is 0 Å². The van der Waals surface area contributed by atoms with E-state index in [2.05, 4.69) is 5.43 Å². The first-order chi connectivity index (χ1) is 5.49. The van der Waals surface area contributed by atoms with Crippen molar-refractivity contribution < 1.29 is 9.59 Å². The van der Waals surface area contributed by atoms with Crippen LogP contribution in [0.25, 0.3) is 0 Å². The lowest BCUT2D eigenvalue weighted by atomic mass is 10.2. The highest BCUT2D eigenvalue weighted by Gasteiger charge is 2.17. The molecule has 0 aromatic heterocycles. The van der Waals surface area contributed by atoms with Crippen LogP contribution in [0.4, 0.5) is 0 Å². The number of hydrogen-bond donors (Lipinski definition) is 1. The maximum Gasteiger partial charge on any atom is 0.148 e. The summed E-state index contributed by atoms with van der Waals surface area (Å²) in [6.45, 7) is 5.03. The zero-order chi connectivity index (χ0) is 9.72. The molecule has 0 bridgehead atoms. The van der Waals surface area contributed by atoms with Crippen molar-refractivity contribution in [3.8, 4) is 0 Å². The van der Waals surface area contributed by atoms with Gasteiger partial charge in [0.2, 0.25) is 0 Å². The molecule has 0 aliphatic rings. The second kappa shape index (κ2) is 5.00. The lowest BCUT2D eigenvalue weighted by molar-refractivity contribution is -0.125. The summed E-state index contributed by atoms with van der Waals surface area (Å²) in [6.07, 6.45) is 0. The Bertz CT molecular complexity index is 180. The van der Waals surface area contributed by atoms with Gasteiger partial charge in [-0.2, -0.15) is 0 Å². The smallest absolute Gasteiger partial charge is 0.148 e. The molecule has 4 heteroatoms. The average molecular weight is 172 g/mol. The first-order valence-corrected chi connectivity index (χ1v) is 3.93. The Morgan fingerprint density at radius 3 is 2.17 bits per heavy atom. The Morgan fingerprint density at radius 1 is 1.42 bits per heavy atom. The predicted molar refractivity (Wildman–Crippen MR) is 46.6 cm³/mol. The minimum absolute atomic E-state index is 0.0393. The summed E-state index contributed by atoms with van der Waals surface area (Å²) in [6, 6.07) is -0.251. The SMILES string of the molecule is CNN(CC(C)=O)C(C)C(C)=O. The van der Waals surface area contributed by atoms with Crippen LogP contribution in [-0.4, -0.2) is 36.2 Å². The van der Waals surface area contributed by atoms with Gasteiger partial charge < -0.3 is 0 Å². The lowest BCUT2D eigenvalue weighted by Crippen LogP contribution is -2.47. The van der Waals surface area contributed by atoms with Crippen molar-refractivity contribution >= 4 is 11.6 Å². The third-order valence-corrected chi connectivity index (χ3v) is 1.74. The Balaban J connectivity index is 4.14. The van der Waals surface area contributed by atoms with Gasteiger partial charge in [-0.25, -0.2) is 5.01 Å². The van der Waals surface area contributed by atoms with E-state index >= 15 is 0 Å². The minimum atomic E-state index is -0.251. The van der Waals surface area contributed by atoms with Crippen LogP contribution in [0.5, 0.6) is 0 Å². The van der Waals surface area contributed by atoms with Gasteiger partial charge in [0.25, 0.3) is 0 Å². The number of carbonyl (C=O) groups is 2. The summed E-state index contributed by atoms with van der Waals surface area (Å²) in [5.74, 6) is 0.0862. The maximum absolute atomic E-state index is 10.9. The largest absolute Gasteiger partial charge is 0.299 e. The van der Waals surface area contributed by atoms with Crippen molar-refractivity contribution in [2.45, 2.75) is 26.8 Å². The summed E-state index contributed by atoms with van der Waals surface area (Å²) in [7, 11) is 1.70. The zero-order valence-corrected chi connectivity index (χ0v) is 8.05. The van der Waals surface area contributed by atoms with Crippen molar-refractivity contribution in [1.29, 1.82) is 0 Å². The van der Waals surface area contributed by atoms with Crippen LogP contribution in [0.1, 0.15) is 20.8 Å². The molecule has 0 amide bonds. The van der Waals surface area contributed by atoms with E-state index in [0.717, 1.165) is 0 Å². The van der Waals surface area contributed by atoms with Crippen LogP contribution in [0.3, 0.4) is 0 Å². The van der Waals surface area contributed by atoms with Gasteiger partial charge in [0.1, 0.15) is 11.6 Å². The molecule has 0 aliphatic heterocycles. The van der Waals surface area contributed by atoms with Gasteiger partial charge in [0.05, 0.1) is 12.6 Å². The monoisotopic (exact) mass is 172 g/mol. The number of carbonyl (C=O) groups excluding carboxylic acids is 2. The van der Waals surface area contributed by atoms with E-state index in [1.165, 1.54) is 13.8 Å². The molecule has 0 heterocycles. The fourth-order valence-corrected chi connectivity index (χ4v) is 0.869. The Kier molecular flexibility index (Phi) is 4.70. The molecule has 0 saturated heterocycles. The Hall–Kier alpha value is -0.740. The number of hydrogen-bond acceptors (Lipinski definition) is 4. The van der Waals surface area contributed by atoms with Crippen molar-refractivity contribution in [2.75, 3.05) is 13.6 Å². The van der Waals surface area contributed by atoms with Gasteiger partial charge >= 0.3 is 0 Å². The fourth-order valence-electron chi connectivity index (χ4n) is 0.869. The van der Waals surface area contributed by atoms with E-state index in [1.807, 2.05) is 0 Å². The molecule has 0 radical (unpaired) electrons. The van der Waals surface area contributed by atoms with Gasteiger partial charge in [0, 0.05) is 0 Å². The maximum atomic E-state index is 10.9. The van der Waals surface area contributed by atoms with E-state index < -0.39 is 0 Å². The van der Waals surface area contributed by atoms with Crippen molar-refractivity contribution in [2.24, 2.45) is 0 Å². The zero-order valence-electron chi connectivity index (χ0n) is 8.05. The molecule has 1 unspecified atom stereocenters. The summed E-state index contributed by atoms with van der Waals surface area (Å²) in [5.41, 5.74) is 2.81. The summed E-state index contributed by atoms with van der Waals surface area (Å²) >= 11 is 0. The van der Waals surface area contributed by atoms with E-state index in [4.69, 9.17) is 0 Å². The summed E-state index contributed by atoms with van der Waals surface area (Å²) < 4.78 is 0. The fraction of sp³-hybridized carbons (Fsp3) is 0.750. The Morgan fingerprint density at radius 2 is 1.92 bits per heavy atom. The minimum Gasteiger partial charge on any atom is -0.299 e. The molecule has 1 atom stereocenters. The number of ketones is 2. The third-order valence-electron chi connectivity index (χ3n) is 1.74. The predicted octanol–water partition coefficient (Wildman–Crippen LogP) is -0.0107. The quantitative estimate of drug-likeness (QED) is 0.592. The highest BCUT2D eigenvalue weighted by Crippen LogP contribution is 1.95. The highest BCUT2D eigenvalue weighted by atomic mass is 16.1. The van der Waals surface area contributed by atoms with Gasteiger partial charge in [-0.05, 0) is 27.8 Å². The standard InChI is InChI=1S/C8H16N2O2/c1-6(11)5-10(9-4)7(2)8(3)12/h7,9H,5H2,1-4H3. The molecule has 0 saturated carbocycles. The van der Waals surface area contributed by atoms with Crippen LogP contribution in [0, 0.1) is 0 Å². The van der Waals surface area contributed by atoms with Crippen molar-refractivity contribution in [3.63, 3.8) is 0 Å². The average Bonchev–Trinajstić information content (AvgIpc) is 1.98. The molecule has 4 nitrogen and oxygen atoms in total. The Labute approximate surface area is 72.9 Å². The third kappa shape index (κ3) is 3.59. The lowest BCUT2D eigenvalue weighted by Gasteiger charge is -2.24. The molecule has 0 fully saturated rings. The molecule has 0 aliphatic carbocycles. The molecule has 0 spiro atoms. The van der Waals surface area contributed by atoms with E-state index in [-0.39, 0.29) is 24.2 Å². The van der Waals surface area contributed by atoms with Gasteiger partial charge in [-0.1, -0.05) is 0 Å². The van der Waals surface area contributed by atoms with E-state index in [1.54, 1.807) is 19.0 Å². The highest BCUT2D eigenvalue weighted by molar-refractivity contribution is 5.82. The first kappa shape index (κ1) is 11.3. The molecule has 1 N–H and O–H groups in total. The van der Waals surface area contributed by atoms with Gasteiger partial charge in [0.15, 0.2) is 0 Å². The van der Waals surface area contributed by atoms with Crippen molar-refractivity contribution in [3.05, 3.63) is 0 Å². The molecule has 12 heavy (non-hydrogen) atoms. The number of hydrazine groups is 1. The first-order valence-electron chi connectivity index (χ1n) is 3.93. The molecular weight excluding hydrogens is 156 g/mol. The summed E-state index contributed by atoms with van der Waals surface area (Å²) in [5, 5.41) is 1.62. The van der Waals surface area contributed by atoms with Crippen LogP contribution in [-0.2, 0) is 9.59 Å². The number of Topliss-reactive ketones (excluding diaryl/α,β-unsaturated/α-hetero) is 2. The molecular formula is C8H16N2O2. The molecule has 0 aromatic carbocycles. The summed E-state index contributed by atoms with van der Waals surface area (Å²) in [4.78, 5) is 21.7. The number of rotatable bonds is 5. The topological polar surface area (TPSA) is 49.4 Å². The van der Waals surface area contributed by atoms with Gasteiger partial charge in [-0.3, -0.25) is 15.0 Å². The van der Waals surface area contributed by atoms with Gasteiger partial charge in [-0.15, -0.1) is 0 Å². The van der Waals surface area contributed by atoms with Crippen molar-refractivity contribution in [1.82, 2.24) is 10.4 Å². The second-order valence-corrected chi connectivity index (χ2v) is 2.84. The molecule has 70 valence electrons. The molecule has 0 aromatic rings. The van der Waals surface area contributed by atoms with Crippen LogP contribution in [0.2, 0.25) is 0 Å². The molecule has 0 rings (SSSR count).